The van der Waals surface area contributed by atoms with Crippen LogP contribution in [0.5, 0.6) is 17.2 Å². The number of hydrogen-bond acceptors (Lipinski definition) is 8. The largest absolute Gasteiger partial charge is 0.508 e. The number of hydrogen-bond donors (Lipinski definition) is 1. The number of carbonyl (C=O) groups is 1. The van der Waals surface area contributed by atoms with Gasteiger partial charge in [0.2, 0.25) is 6.10 Å². The van der Waals surface area contributed by atoms with Gasteiger partial charge in [-0.25, -0.2) is 0 Å². The minimum atomic E-state index is -0.487. The van der Waals surface area contributed by atoms with E-state index in [1.165, 1.54) is 12.1 Å². The maximum Gasteiger partial charge on any atom is 0.277 e. The molecule has 132 valence electrons. The summed E-state index contributed by atoms with van der Waals surface area (Å²) in [5.74, 6) is 1.78. The summed E-state index contributed by atoms with van der Waals surface area (Å²) in [7, 11) is 0. The summed E-state index contributed by atoms with van der Waals surface area (Å²) in [6.07, 6.45) is -0.487. The molecule has 26 heavy (non-hydrogen) atoms. The lowest BCUT2D eigenvalue weighted by Gasteiger charge is -2.23. The predicted octanol–water partition coefficient (Wildman–Crippen LogP) is 3.26. The van der Waals surface area contributed by atoms with Crippen molar-refractivity contribution in [2.45, 2.75) is 11.3 Å². The first-order valence-electron chi connectivity index (χ1n) is 7.86. The summed E-state index contributed by atoms with van der Waals surface area (Å²) in [6.45, 7) is 0.274. The topological polar surface area (TPSA) is 94.7 Å². The number of rotatable bonds is 5. The van der Waals surface area contributed by atoms with Crippen LogP contribution in [0.4, 0.5) is 0 Å². The van der Waals surface area contributed by atoms with Gasteiger partial charge in [-0.3, -0.25) is 4.79 Å². The highest BCUT2D eigenvalue weighted by atomic mass is 32.2. The SMILES string of the molecule is O=C(CSc1nnc(C2COc3ccccc3O2)o1)c1ccc(O)cc1. The number of carbonyl (C=O) groups excluding carboxylic acids is 1. The molecule has 3 aromatic rings. The molecule has 1 unspecified atom stereocenters. The fraction of sp³-hybridized carbons (Fsp3) is 0.167. The van der Waals surface area contributed by atoms with Crippen molar-refractivity contribution >= 4 is 17.5 Å². The Morgan fingerprint density at radius 3 is 2.69 bits per heavy atom. The van der Waals surface area contributed by atoms with Gasteiger partial charge in [0.15, 0.2) is 17.3 Å². The number of aromatic hydroxyl groups is 1. The number of Topliss-reactive ketones (excluding diaryl/α,β-unsaturated/α-hetero) is 1. The van der Waals surface area contributed by atoms with Crippen molar-refractivity contribution in [1.82, 2.24) is 10.2 Å². The highest BCUT2D eigenvalue weighted by Gasteiger charge is 2.27. The lowest BCUT2D eigenvalue weighted by molar-refractivity contribution is 0.0686. The summed E-state index contributed by atoms with van der Waals surface area (Å²) in [5.41, 5.74) is 0.510. The highest BCUT2D eigenvalue weighted by Crippen LogP contribution is 2.35. The molecule has 0 bridgehead atoms. The average molecular weight is 370 g/mol. The quantitative estimate of drug-likeness (QED) is 0.540. The number of nitrogens with zero attached hydrogens (tertiary/aromatic N) is 2. The van der Waals surface area contributed by atoms with E-state index in [2.05, 4.69) is 10.2 Å². The van der Waals surface area contributed by atoms with E-state index >= 15 is 0 Å². The van der Waals surface area contributed by atoms with Crippen LogP contribution >= 0.6 is 11.8 Å². The van der Waals surface area contributed by atoms with Crippen molar-refractivity contribution in [2.24, 2.45) is 0 Å². The summed E-state index contributed by atoms with van der Waals surface area (Å²) >= 11 is 1.15. The van der Waals surface area contributed by atoms with Gasteiger partial charge < -0.3 is 19.0 Å². The van der Waals surface area contributed by atoms with Crippen LogP contribution < -0.4 is 9.47 Å². The molecule has 0 amide bonds. The van der Waals surface area contributed by atoms with Gasteiger partial charge in [0.25, 0.3) is 11.1 Å². The fourth-order valence-corrected chi connectivity index (χ4v) is 3.07. The number of ether oxygens (including phenoxy) is 2. The summed E-state index contributed by atoms with van der Waals surface area (Å²) in [4.78, 5) is 12.1. The van der Waals surface area contributed by atoms with Crippen molar-refractivity contribution in [2.75, 3.05) is 12.4 Å². The van der Waals surface area contributed by atoms with Crippen molar-refractivity contribution in [3.8, 4) is 17.2 Å². The number of phenols is 1. The van der Waals surface area contributed by atoms with E-state index < -0.39 is 6.10 Å². The van der Waals surface area contributed by atoms with E-state index in [1.807, 2.05) is 24.3 Å². The molecular weight excluding hydrogens is 356 g/mol. The Labute approximate surface area is 153 Å². The first-order valence-corrected chi connectivity index (χ1v) is 8.84. The Kier molecular flexibility index (Phi) is 4.49. The molecule has 0 aliphatic carbocycles. The maximum atomic E-state index is 12.1. The van der Waals surface area contributed by atoms with Crippen LogP contribution in [-0.2, 0) is 0 Å². The maximum absolute atomic E-state index is 12.1. The van der Waals surface area contributed by atoms with Gasteiger partial charge in [-0.15, -0.1) is 10.2 Å². The third-order valence-electron chi connectivity index (χ3n) is 3.72. The third-order valence-corrected chi connectivity index (χ3v) is 4.54. The Hall–Kier alpha value is -3.00. The molecule has 2 heterocycles. The second-order valence-corrected chi connectivity index (χ2v) is 6.46. The van der Waals surface area contributed by atoms with Crippen LogP contribution in [0.15, 0.2) is 58.2 Å². The summed E-state index contributed by atoms with van der Waals surface area (Å²) in [6, 6.07) is 13.5. The van der Waals surface area contributed by atoms with E-state index in [-0.39, 0.29) is 29.1 Å². The molecule has 1 aliphatic rings. The van der Waals surface area contributed by atoms with E-state index in [4.69, 9.17) is 13.9 Å². The van der Waals surface area contributed by atoms with Crippen LogP contribution in [0, 0.1) is 0 Å². The molecule has 0 spiro atoms. The number of fused-ring (bicyclic) bond motifs is 1. The Balaban J connectivity index is 1.38. The molecular formula is C18H14N2O5S. The molecule has 8 heteroatoms. The zero-order valence-corrected chi connectivity index (χ0v) is 14.3. The smallest absolute Gasteiger partial charge is 0.277 e. The lowest BCUT2D eigenvalue weighted by atomic mass is 10.1. The van der Waals surface area contributed by atoms with Crippen LogP contribution in [-0.4, -0.2) is 33.4 Å². The number of ketones is 1. The first kappa shape index (κ1) is 16.5. The summed E-state index contributed by atoms with van der Waals surface area (Å²) < 4.78 is 17.0. The number of para-hydroxylation sites is 2. The normalized spacial score (nSPS) is 15.6. The van der Waals surface area contributed by atoms with Crippen LogP contribution in [0.2, 0.25) is 0 Å². The lowest BCUT2D eigenvalue weighted by Crippen LogP contribution is -2.21. The Morgan fingerprint density at radius 2 is 1.88 bits per heavy atom. The fourth-order valence-electron chi connectivity index (χ4n) is 2.41. The van der Waals surface area contributed by atoms with Gasteiger partial charge in [0.05, 0.1) is 5.75 Å². The van der Waals surface area contributed by atoms with Crippen molar-refractivity contribution in [3.63, 3.8) is 0 Å². The predicted molar refractivity (Wildman–Crippen MR) is 92.8 cm³/mol. The number of phenolic OH excluding ortho intramolecular Hbond substituents is 1. The minimum absolute atomic E-state index is 0.0964. The zero-order valence-electron chi connectivity index (χ0n) is 13.5. The average Bonchev–Trinajstić information content (AvgIpc) is 3.15. The van der Waals surface area contributed by atoms with Gasteiger partial charge in [-0.05, 0) is 36.4 Å². The van der Waals surface area contributed by atoms with Crippen LogP contribution in [0.1, 0.15) is 22.4 Å². The highest BCUT2D eigenvalue weighted by molar-refractivity contribution is 7.99. The molecule has 4 rings (SSSR count). The molecule has 7 nitrogen and oxygen atoms in total. The van der Waals surface area contributed by atoms with Gasteiger partial charge >= 0.3 is 0 Å². The van der Waals surface area contributed by atoms with E-state index in [1.54, 1.807) is 12.1 Å². The molecule has 0 radical (unpaired) electrons. The van der Waals surface area contributed by atoms with Crippen molar-refractivity contribution in [3.05, 3.63) is 60.0 Å². The second-order valence-electron chi connectivity index (χ2n) is 5.53. The van der Waals surface area contributed by atoms with Crippen LogP contribution in [0.3, 0.4) is 0 Å². The standard InChI is InChI=1S/C18H14N2O5S/c21-12-7-5-11(6-8-12)13(22)10-26-18-20-19-17(25-18)16-9-23-14-3-1-2-4-15(14)24-16/h1-8,16,21H,9-10H2. The van der Waals surface area contributed by atoms with Crippen molar-refractivity contribution in [1.29, 1.82) is 0 Å². The molecule has 1 aromatic heterocycles. The van der Waals surface area contributed by atoms with E-state index in [0.29, 0.717) is 23.0 Å². The van der Waals surface area contributed by atoms with Crippen molar-refractivity contribution < 1.29 is 23.8 Å². The number of benzene rings is 2. The molecule has 0 saturated carbocycles. The van der Waals surface area contributed by atoms with Gasteiger partial charge in [-0.1, -0.05) is 23.9 Å². The number of aromatic nitrogens is 2. The van der Waals surface area contributed by atoms with Gasteiger partial charge in [0, 0.05) is 5.56 Å². The molecule has 1 aliphatic heterocycles. The summed E-state index contributed by atoms with van der Waals surface area (Å²) in [5, 5.41) is 17.5. The third kappa shape index (κ3) is 3.50. The Morgan fingerprint density at radius 1 is 1.12 bits per heavy atom. The second kappa shape index (κ2) is 7.09. The molecule has 1 atom stereocenters. The molecule has 2 aromatic carbocycles. The van der Waals surface area contributed by atoms with E-state index in [0.717, 1.165) is 11.8 Å². The zero-order chi connectivity index (χ0) is 17.9. The van der Waals surface area contributed by atoms with Gasteiger partial charge in [0.1, 0.15) is 12.4 Å². The minimum Gasteiger partial charge on any atom is -0.508 e. The molecule has 1 N–H and O–H groups in total. The van der Waals surface area contributed by atoms with E-state index in [9.17, 15) is 9.90 Å². The monoisotopic (exact) mass is 370 g/mol. The van der Waals surface area contributed by atoms with Crippen LogP contribution in [0.25, 0.3) is 0 Å². The first-order chi connectivity index (χ1) is 12.7. The number of thioether (sulfide) groups is 1. The Bertz CT molecular complexity index is 925. The van der Waals surface area contributed by atoms with Gasteiger partial charge in [-0.2, -0.15) is 0 Å². The molecule has 0 saturated heterocycles. The molecule has 0 fully saturated rings.